The Morgan fingerprint density at radius 1 is 1.32 bits per heavy atom. The van der Waals surface area contributed by atoms with Gasteiger partial charge in [0.25, 0.3) is 11.5 Å². The molecule has 0 bridgehead atoms. The molecule has 10 nitrogen and oxygen atoms in total. The molecule has 3 heterocycles. The predicted octanol–water partition coefficient (Wildman–Crippen LogP) is -0.607. The van der Waals surface area contributed by atoms with Gasteiger partial charge >= 0.3 is 5.69 Å². The van der Waals surface area contributed by atoms with E-state index >= 15 is 0 Å². The molecule has 0 amide bonds. The lowest BCUT2D eigenvalue weighted by Gasteiger charge is -2.06. The molecule has 1 fully saturated rings. The lowest BCUT2D eigenvalue weighted by molar-refractivity contribution is 0.382. The Morgan fingerprint density at radius 3 is 2.59 bits per heavy atom. The van der Waals surface area contributed by atoms with Gasteiger partial charge in [0.05, 0.1) is 19.3 Å². The van der Waals surface area contributed by atoms with Gasteiger partial charge in [0.1, 0.15) is 0 Å². The Morgan fingerprint density at radius 2 is 2.00 bits per heavy atom. The summed E-state index contributed by atoms with van der Waals surface area (Å²) in [7, 11) is 6.47. The summed E-state index contributed by atoms with van der Waals surface area (Å²) in [6, 6.07) is 0. The van der Waals surface area contributed by atoms with Crippen molar-refractivity contribution in [2.75, 3.05) is 20.7 Å². The lowest BCUT2D eigenvalue weighted by Crippen LogP contribution is -2.37. The van der Waals surface area contributed by atoms with Crippen LogP contribution in [0.3, 0.4) is 0 Å². The molecule has 2 aromatic heterocycles. The second-order valence-corrected chi connectivity index (χ2v) is 5.39. The van der Waals surface area contributed by atoms with Crippen molar-refractivity contribution in [3.05, 3.63) is 20.8 Å². The molecule has 22 heavy (non-hydrogen) atoms. The first-order chi connectivity index (χ1) is 10.4. The molecule has 10 heteroatoms. The van der Waals surface area contributed by atoms with Crippen LogP contribution in [0.2, 0.25) is 0 Å². The van der Waals surface area contributed by atoms with Gasteiger partial charge in [-0.05, 0) is 0 Å². The zero-order chi connectivity index (χ0) is 16.0. The van der Waals surface area contributed by atoms with E-state index in [1.807, 2.05) is 0 Å². The van der Waals surface area contributed by atoms with Crippen molar-refractivity contribution in [2.45, 2.75) is 12.6 Å². The van der Waals surface area contributed by atoms with Crippen LogP contribution >= 0.6 is 0 Å². The fourth-order valence-electron chi connectivity index (χ4n) is 2.19. The van der Waals surface area contributed by atoms with Crippen LogP contribution in [-0.4, -0.2) is 50.5 Å². The summed E-state index contributed by atoms with van der Waals surface area (Å²) >= 11 is 0. The first kappa shape index (κ1) is 14.4. The monoisotopic (exact) mass is 307 g/mol. The highest BCUT2D eigenvalue weighted by Crippen LogP contribution is 2.22. The maximum atomic E-state index is 12.4. The first-order valence-electron chi connectivity index (χ1n) is 6.77. The highest BCUT2D eigenvalue weighted by Gasteiger charge is 2.27. The summed E-state index contributed by atoms with van der Waals surface area (Å²) in [6.45, 7) is 1.09. The largest absolute Gasteiger partial charge is 0.371 e. The molecule has 0 aliphatic carbocycles. The zero-order valence-corrected chi connectivity index (χ0v) is 12.8. The maximum absolute atomic E-state index is 12.4. The Bertz CT molecular complexity index is 869. The summed E-state index contributed by atoms with van der Waals surface area (Å²) < 4.78 is 9.27. The number of rotatable bonds is 4. The summed E-state index contributed by atoms with van der Waals surface area (Å²) in [5, 5.41) is 9.49. The van der Waals surface area contributed by atoms with Gasteiger partial charge in [0, 0.05) is 28.2 Å². The quantitative estimate of drug-likeness (QED) is 0.426. The van der Waals surface area contributed by atoms with Gasteiger partial charge in [0.15, 0.2) is 11.2 Å². The Kier molecular flexibility index (Phi) is 3.32. The Balaban J connectivity index is 2.30. The molecular weight excluding hydrogens is 290 g/mol. The molecule has 1 aliphatic heterocycles. The summed E-state index contributed by atoms with van der Waals surface area (Å²) in [6.07, 6.45) is 0.0349. The van der Waals surface area contributed by atoms with Crippen molar-refractivity contribution in [2.24, 2.45) is 24.4 Å². The normalized spacial score (nSPS) is 17.5. The average molecular weight is 307 g/mol. The van der Waals surface area contributed by atoms with Gasteiger partial charge < -0.3 is 4.74 Å². The van der Waals surface area contributed by atoms with E-state index < -0.39 is 11.2 Å². The topological polar surface area (TPSA) is 102 Å². The highest BCUT2D eigenvalue weighted by molar-refractivity contribution is 5.73. The summed E-state index contributed by atoms with van der Waals surface area (Å²) in [4.78, 5) is 28.8. The zero-order valence-electron chi connectivity index (χ0n) is 12.8. The molecule has 0 spiro atoms. The first-order valence-corrected chi connectivity index (χ1v) is 6.77. The second kappa shape index (κ2) is 5.05. The van der Waals surface area contributed by atoms with Crippen LogP contribution in [-0.2, 0) is 25.4 Å². The average Bonchev–Trinajstić information content (AvgIpc) is 3.21. The van der Waals surface area contributed by atoms with Gasteiger partial charge in [-0.15, -0.1) is 0 Å². The number of fused-ring (bicyclic) bond motifs is 1. The number of ether oxygens (including phenoxy) is 1. The molecule has 0 saturated carbocycles. The standard InChI is InChI=1S/C12H17N7O3/c1-16(2)15-14-11-13-9-8(19(11)5-7-6-22-7)10(20)18(4)12(21)17(9)3/h7H,5-6H2,1-4H3/t7-/m1/s1. The van der Waals surface area contributed by atoms with Crippen LogP contribution in [0.25, 0.3) is 11.2 Å². The third kappa shape index (κ3) is 2.30. The Hall–Kier alpha value is -2.49. The minimum atomic E-state index is -0.430. The number of hydrogen-bond donors (Lipinski definition) is 0. The van der Waals surface area contributed by atoms with Crippen LogP contribution in [0.1, 0.15) is 0 Å². The van der Waals surface area contributed by atoms with Gasteiger partial charge in [-0.3, -0.25) is 23.5 Å². The number of aryl methyl sites for hydroxylation is 1. The van der Waals surface area contributed by atoms with Crippen molar-refractivity contribution in [3.8, 4) is 0 Å². The molecule has 2 aromatic rings. The molecule has 0 aromatic carbocycles. The number of imidazole rings is 1. The van der Waals surface area contributed by atoms with Crippen LogP contribution < -0.4 is 11.2 Å². The van der Waals surface area contributed by atoms with Gasteiger partial charge in [-0.25, -0.2) is 4.79 Å². The Labute approximate surface area is 125 Å². The van der Waals surface area contributed by atoms with E-state index in [0.717, 1.165) is 4.57 Å². The summed E-state index contributed by atoms with van der Waals surface area (Å²) in [5.74, 6) is 0.275. The van der Waals surface area contributed by atoms with E-state index in [-0.39, 0.29) is 12.1 Å². The van der Waals surface area contributed by atoms with Gasteiger partial charge in [-0.2, -0.15) is 4.98 Å². The lowest BCUT2D eigenvalue weighted by atomic mass is 10.4. The minimum absolute atomic E-state index is 0.0349. The van der Waals surface area contributed by atoms with E-state index in [0.29, 0.717) is 24.3 Å². The summed E-state index contributed by atoms with van der Waals surface area (Å²) in [5.41, 5.74) is -0.215. The third-order valence-corrected chi connectivity index (χ3v) is 3.43. The van der Waals surface area contributed by atoms with E-state index in [9.17, 15) is 9.59 Å². The van der Waals surface area contributed by atoms with E-state index in [2.05, 4.69) is 15.3 Å². The maximum Gasteiger partial charge on any atom is 0.332 e. The number of epoxide rings is 1. The second-order valence-electron chi connectivity index (χ2n) is 5.39. The van der Waals surface area contributed by atoms with Crippen molar-refractivity contribution in [1.29, 1.82) is 0 Å². The number of aromatic nitrogens is 4. The highest BCUT2D eigenvalue weighted by atomic mass is 16.6. The molecule has 3 rings (SSSR count). The van der Waals surface area contributed by atoms with Gasteiger partial charge in [-0.1, -0.05) is 10.3 Å². The number of hydrogen-bond acceptors (Lipinski definition) is 6. The van der Waals surface area contributed by atoms with E-state index in [1.54, 1.807) is 25.7 Å². The molecule has 1 atom stereocenters. The van der Waals surface area contributed by atoms with Crippen molar-refractivity contribution in [1.82, 2.24) is 23.7 Å². The smallest absolute Gasteiger partial charge is 0.332 e. The van der Waals surface area contributed by atoms with Crippen molar-refractivity contribution < 1.29 is 4.74 Å². The minimum Gasteiger partial charge on any atom is -0.371 e. The molecule has 0 N–H and O–H groups in total. The van der Waals surface area contributed by atoms with Crippen LogP contribution in [0.4, 0.5) is 5.95 Å². The fraction of sp³-hybridized carbons (Fsp3) is 0.583. The molecule has 1 aliphatic rings. The molecule has 118 valence electrons. The fourth-order valence-corrected chi connectivity index (χ4v) is 2.19. The van der Waals surface area contributed by atoms with Crippen molar-refractivity contribution in [3.63, 3.8) is 0 Å². The van der Waals surface area contributed by atoms with Crippen LogP contribution in [0, 0.1) is 0 Å². The molecule has 1 saturated heterocycles. The third-order valence-electron chi connectivity index (χ3n) is 3.43. The van der Waals surface area contributed by atoms with Crippen LogP contribution in [0.5, 0.6) is 0 Å². The van der Waals surface area contributed by atoms with Crippen LogP contribution in [0.15, 0.2) is 19.9 Å². The number of nitrogens with zero attached hydrogens (tertiary/aromatic N) is 7. The van der Waals surface area contributed by atoms with E-state index in [1.165, 1.54) is 16.6 Å². The molecule has 0 unspecified atom stereocenters. The predicted molar refractivity (Wildman–Crippen MR) is 78.2 cm³/mol. The van der Waals surface area contributed by atoms with Gasteiger partial charge in [0.2, 0.25) is 0 Å². The SMILES string of the molecule is CN(C)N=Nc1nc2c(c(=O)n(C)c(=O)n2C)n1C[C@@H]1CO1. The van der Waals surface area contributed by atoms with E-state index in [4.69, 9.17) is 4.74 Å². The molecule has 0 radical (unpaired) electrons. The van der Waals surface area contributed by atoms with Crippen molar-refractivity contribution >= 4 is 17.1 Å². The molecular formula is C12H17N7O3.